The Morgan fingerprint density at radius 2 is 2.38 bits per heavy atom. The summed E-state index contributed by atoms with van der Waals surface area (Å²) in [6, 6.07) is 1.45. The van der Waals surface area contributed by atoms with E-state index in [0.29, 0.717) is 0 Å². The van der Waals surface area contributed by atoms with Crippen LogP contribution in [0.15, 0.2) is 17.1 Å². The van der Waals surface area contributed by atoms with E-state index in [0.717, 1.165) is 7.69 Å². The molecule has 0 spiro atoms. The van der Waals surface area contributed by atoms with Crippen molar-refractivity contribution < 1.29 is 27.8 Å². The van der Waals surface area contributed by atoms with Gasteiger partial charge in [0.2, 0.25) is 0 Å². The Bertz CT molecular complexity index is 632. The van der Waals surface area contributed by atoms with E-state index in [4.69, 9.17) is 15.0 Å². The van der Waals surface area contributed by atoms with Crippen LogP contribution in [0.2, 0.25) is 0 Å². The van der Waals surface area contributed by atoms with Gasteiger partial charge in [0.15, 0.2) is 0 Å². The van der Waals surface area contributed by atoms with Crippen molar-refractivity contribution >= 4 is 21.3 Å². The molecule has 2 fully saturated rings. The summed E-state index contributed by atoms with van der Waals surface area (Å²) in [6.07, 6.45) is -0.627. The fourth-order valence-corrected chi connectivity index (χ4v) is 3.00. The Kier molecular flexibility index (Phi) is 3.87. The van der Waals surface area contributed by atoms with Crippen LogP contribution in [0.3, 0.4) is 0 Å². The third kappa shape index (κ3) is 2.89. The minimum atomic E-state index is -3.60. The number of rotatable bonds is 4. The zero-order valence-corrected chi connectivity index (χ0v) is 11.6. The number of aliphatic hydroxyl groups excluding tert-OH is 1. The minimum Gasteiger partial charge on any atom is -0.394 e. The monoisotopic (exact) mass is 316 g/mol. The van der Waals surface area contributed by atoms with Crippen LogP contribution in [0.5, 0.6) is 0 Å². The number of nitrogen functional groups attached to an aromatic ring is 1. The summed E-state index contributed by atoms with van der Waals surface area (Å²) < 4.78 is 32.8. The maximum absolute atomic E-state index is 11.8. The van der Waals surface area contributed by atoms with Crippen LogP contribution in [-0.2, 0) is 22.7 Å². The molecule has 0 amide bonds. The summed E-state index contributed by atoms with van der Waals surface area (Å²) in [6.45, 7) is -0.373. The van der Waals surface area contributed by atoms with Crippen molar-refractivity contribution in [1.82, 2.24) is 9.55 Å². The highest BCUT2D eigenvalue weighted by Crippen LogP contribution is 2.58. The van der Waals surface area contributed by atoms with Crippen molar-refractivity contribution in [3.63, 3.8) is 0 Å². The van der Waals surface area contributed by atoms with Gasteiger partial charge >= 0.3 is 21.2 Å². The predicted molar refractivity (Wildman–Crippen MR) is 68.9 cm³/mol. The molecule has 3 N–H and O–H groups in total. The number of phosphoric acid groups is 1. The van der Waals surface area contributed by atoms with Crippen molar-refractivity contribution in [2.45, 2.75) is 24.9 Å². The van der Waals surface area contributed by atoms with Gasteiger partial charge in [-0.3, -0.25) is 9.09 Å². The Morgan fingerprint density at radius 3 is 2.95 bits per heavy atom. The maximum atomic E-state index is 11.8. The zero-order chi connectivity index (χ0) is 15.0. The molecular weight excluding hydrogens is 304 g/mol. The Hall–Kier alpha value is -1.23. The molecule has 3 rings (SSSR count). The summed E-state index contributed by atoms with van der Waals surface area (Å²) in [4.78, 5) is 15.3. The van der Waals surface area contributed by atoms with Gasteiger partial charge in [-0.05, 0) is 6.07 Å². The van der Waals surface area contributed by atoms with Gasteiger partial charge in [0.05, 0.1) is 6.61 Å². The van der Waals surface area contributed by atoms with Crippen LogP contribution in [0, 0.1) is 0 Å². The van der Waals surface area contributed by atoms with Crippen LogP contribution in [-0.4, -0.2) is 41.2 Å². The van der Waals surface area contributed by atoms with Crippen molar-refractivity contribution in [2.24, 2.45) is 0 Å². The largest absolute Gasteiger partial charge is 0.505 e. The molecule has 2 saturated heterocycles. The summed E-state index contributed by atoms with van der Waals surface area (Å²) >= 11 is 0. The smallest absolute Gasteiger partial charge is 0.394 e. The molecule has 2 aliphatic rings. The molecule has 3 heterocycles. The first-order valence-electron chi connectivity index (χ1n) is 6.09. The van der Waals surface area contributed by atoms with Gasteiger partial charge in [-0.25, -0.2) is 9.36 Å². The Morgan fingerprint density at radius 1 is 1.62 bits per heavy atom. The lowest BCUT2D eigenvalue weighted by Crippen LogP contribution is -2.30. The van der Waals surface area contributed by atoms with E-state index in [1.54, 1.807) is 0 Å². The second-order valence-corrected chi connectivity index (χ2v) is 6.01. The van der Waals surface area contributed by atoms with Crippen molar-refractivity contribution in [3.8, 4) is 0 Å². The van der Waals surface area contributed by atoms with Gasteiger partial charge in [0.25, 0.3) is 0 Å². The molecule has 0 aliphatic carbocycles. The summed E-state index contributed by atoms with van der Waals surface area (Å²) in [5.41, 5.74) is 4.82. The first kappa shape index (κ1) is 14.7. The summed E-state index contributed by atoms with van der Waals surface area (Å²) in [7, 11) is -2.70. The van der Waals surface area contributed by atoms with Crippen LogP contribution >= 0.6 is 7.82 Å². The SMILES string of the molecule is Nc1ccn([C@H]2C[C@H](OP3(=O)O[B]O3)[C@@H](CO)O2)c(=O)n1. The van der Waals surface area contributed by atoms with Crippen LogP contribution in [0.4, 0.5) is 5.82 Å². The number of hydrogen-bond donors (Lipinski definition) is 2. The second kappa shape index (κ2) is 5.52. The molecule has 3 atom stereocenters. The van der Waals surface area contributed by atoms with Gasteiger partial charge in [0, 0.05) is 12.6 Å². The molecular formula is C9H12BN3O7P. The first-order chi connectivity index (χ1) is 10.0. The molecule has 10 nitrogen and oxygen atoms in total. The van der Waals surface area contributed by atoms with E-state index in [1.807, 2.05) is 0 Å². The maximum Gasteiger partial charge on any atom is 0.505 e. The highest BCUT2D eigenvalue weighted by atomic mass is 31.2. The average Bonchev–Trinajstić information content (AvgIpc) is 2.79. The lowest BCUT2D eigenvalue weighted by molar-refractivity contribution is -0.0461. The van der Waals surface area contributed by atoms with E-state index in [-0.39, 0.29) is 18.8 Å². The first-order valence-corrected chi connectivity index (χ1v) is 7.55. The lowest BCUT2D eigenvalue weighted by atomic mass is 10.2. The Labute approximate surface area is 119 Å². The summed E-state index contributed by atoms with van der Waals surface area (Å²) in [5, 5.41) is 9.29. The van der Waals surface area contributed by atoms with Gasteiger partial charge < -0.3 is 24.5 Å². The molecule has 0 unspecified atom stereocenters. The molecule has 21 heavy (non-hydrogen) atoms. The highest BCUT2D eigenvalue weighted by molar-refractivity contribution is 7.53. The number of aromatic nitrogens is 2. The van der Waals surface area contributed by atoms with Gasteiger partial charge in [-0.2, -0.15) is 4.98 Å². The van der Waals surface area contributed by atoms with Crippen molar-refractivity contribution in [1.29, 1.82) is 0 Å². The van der Waals surface area contributed by atoms with Gasteiger partial charge in [-0.1, -0.05) is 0 Å². The standard InChI is InChI=1S/C9H12BN3O7P/c11-7-1-2-13(9(15)12-7)8-3-5(6(4-14)17-8)18-21(16)19-10-20-21/h1-2,5-6,8,14H,3-4H2,(H2,11,12,15)/t5-,6+,8+/m0/s1. The topological polar surface area (TPSA) is 135 Å². The number of nitrogens with zero attached hydrogens (tertiary/aromatic N) is 2. The summed E-state index contributed by atoms with van der Waals surface area (Å²) in [5.74, 6) is 0.0944. The van der Waals surface area contributed by atoms with E-state index in [2.05, 4.69) is 13.9 Å². The number of hydrogen-bond acceptors (Lipinski definition) is 9. The molecule has 0 aromatic carbocycles. The molecule has 1 radical (unpaired) electrons. The number of nitrogens with two attached hydrogens (primary N) is 1. The third-order valence-electron chi connectivity index (χ3n) is 3.13. The van der Waals surface area contributed by atoms with E-state index >= 15 is 0 Å². The average molecular weight is 316 g/mol. The number of anilines is 1. The lowest BCUT2D eigenvalue weighted by Gasteiger charge is -2.28. The minimum absolute atomic E-state index is 0.0944. The van der Waals surface area contributed by atoms with Gasteiger partial charge in [0.1, 0.15) is 24.3 Å². The molecule has 1 aromatic heterocycles. The fraction of sp³-hybridized carbons (Fsp3) is 0.556. The molecule has 0 bridgehead atoms. The van der Waals surface area contributed by atoms with Crippen LogP contribution in [0.1, 0.15) is 12.6 Å². The number of ether oxygens (including phenoxy) is 1. The van der Waals surface area contributed by atoms with Crippen LogP contribution in [0.25, 0.3) is 0 Å². The molecule has 12 heteroatoms. The van der Waals surface area contributed by atoms with Crippen LogP contribution < -0.4 is 11.4 Å². The second-order valence-electron chi connectivity index (χ2n) is 4.49. The normalized spacial score (nSPS) is 30.6. The van der Waals surface area contributed by atoms with Gasteiger partial charge in [-0.15, -0.1) is 0 Å². The highest BCUT2D eigenvalue weighted by Gasteiger charge is 2.46. The van der Waals surface area contributed by atoms with Crippen molar-refractivity contribution in [3.05, 3.63) is 22.7 Å². The molecule has 1 aromatic rings. The third-order valence-corrected chi connectivity index (χ3v) is 4.35. The number of aliphatic hydroxyl groups is 1. The van der Waals surface area contributed by atoms with E-state index in [1.165, 1.54) is 16.8 Å². The predicted octanol–water partition coefficient (Wildman–Crippen LogP) is -0.820. The zero-order valence-electron chi connectivity index (χ0n) is 10.7. The quantitative estimate of drug-likeness (QED) is 0.539. The van der Waals surface area contributed by atoms with E-state index in [9.17, 15) is 14.5 Å². The molecule has 113 valence electrons. The van der Waals surface area contributed by atoms with Crippen molar-refractivity contribution in [2.75, 3.05) is 12.3 Å². The fourth-order valence-electron chi connectivity index (χ4n) is 2.12. The van der Waals surface area contributed by atoms with E-state index < -0.39 is 31.9 Å². The molecule has 2 aliphatic heterocycles. The molecule has 0 saturated carbocycles. The Balaban J connectivity index is 1.77.